The van der Waals surface area contributed by atoms with Crippen LogP contribution in [0.2, 0.25) is 0 Å². The summed E-state index contributed by atoms with van der Waals surface area (Å²) in [5.41, 5.74) is 3.85. The van der Waals surface area contributed by atoms with Gasteiger partial charge in [0.15, 0.2) is 0 Å². The molecule has 0 saturated heterocycles. The number of aryl methyl sites for hydroxylation is 2. The number of rotatable bonds is 7. The number of pyridine rings is 1. The fraction of sp³-hybridized carbons (Fsp3) is 0.300. The van der Waals surface area contributed by atoms with Crippen molar-refractivity contribution in [3.8, 4) is 0 Å². The monoisotopic (exact) mass is 337 g/mol. The maximum atomic E-state index is 4.45. The van der Waals surface area contributed by atoms with Crippen molar-refractivity contribution in [1.82, 2.24) is 15.3 Å². The lowest BCUT2D eigenvalue weighted by Crippen LogP contribution is -2.22. The van der Waals surface area contributed by atoms with E-state index in [0.29, 0.717) is 0 Å². The first-order chi connectivity index (χ1) is 11.7. The Kier molecular flexibility index (Phi) is 5.72. The fourth-order valence-electron chi connectivity index (χ4n) is 2.67. The molecule has 0 amide bonds. The van der Waals surface area contributed by atoms with Crippen molar-refractivity contribution in [2.75, 3.05) is 0 Å². The van der Waals surface area contributed by atoms with E-state index in [2.05, 4.69) is 59.5 Å². The van der Waals surface area contributed by atoms with Crippen molar-refractivity contribution in [2.45, 2.75) is 39.3 Å². The molecule has 24 heavy (non-hydrogen) atoms. The van der Waals surface area contributed by atoms with E-state index in [1.807, 2.05) is 24.7 Å². The van der Waals surface area contributed by atoms with Crippen molar-refractivity contribution in [1.29, 1.82) is 0 Å². The summed E-state index contributed by atoms with van der Waals surface area (Å²) in [6, 6.07) is 13.2. The molecular weight excluding hydrogens is 314 g/mol. The van der Waals surface area contributed by atoms with Crippen LogP contribution in [0.15, 0.2) is 55.0 Å². The summed E-state index contributed by atoms with van der Waals surface area (Å²) in [4.78, 5) is 10.0. The third kappa shape index (κ3) is 4.49. The molecule has 1 N–H and O–H groups in total. The summed E-state index contributed by atoms with van der Waals surface area (Å²) in [5.74, 6) is 0. The van der Waals surface area contributed by atoms with E-state index in [-0.39, 0.29) is 6.04 Å². The molecule has 2 heterocycles. The standard InChI is InChI=1S/C20H23N3S/c1-3-20-23-14-18(24-20)13-22-19(17-5-4-10-21-12-17)11-16-8-6-15(2)7-9-16/h4-10,12,14,19,22H,3,11,13H2,1-2H3. The summed E-state index contributed by atoms with van der Waals surface area (Å²) in [5, 5.41) is 4.88. The van der Waals surface area contributed by atoms with Gasteiger partial charge in [-0.15, -0.1) is 11.3 Å². The van der Waals surface area contributed by atoms with Gasteiger partial charge >= 0.3 is 0 Å². The molecule has 124 valence electrons. The van der Waals surface area contributed by atoms with Gasteiger partial charge in [-0.05, 0) is 37.0 Å². The van der Waals surface area contributed by atoms with E-state index in [1.165, 1.54) is 26.6 Å². The largest absolute Gasteiger partial charge is 0.305 e. The van der Waals surface area contributed by atoms with Crippen LogP contribution in [-0.2, 0) is 19.4 Å². The van der Waals surface area contributed by atoms with Crippen LogP contribution in [0.4, 0.5) is 0 Å². The zero-order chi connectivity index (χ0) is 16.8. The Morgan fingerprint density at radius 2 is 1.96 bits per heavy atom. The molecule has 3 nitrogen and oxygen atoms in total. The maximum absolute atomic E-state index is 4.45. The summed E-state index contributed by atoms with van der Waals surface area (Å²) in [6.45, 7) is 5.10. The zero-order valence-electron chi connectivity index (χ0n) is 14.2. The van der Waals surface area contributed by atoms with E-state index >= 15 is 0 Å². The van der Waals surface area contributed by atoms with E-state index in [1.54, 1.807) is 11.3 Å². The first-order valence-corrected chi connectivity index (χ1v) is 9.18. The van der Waals surface area contributed by atoms with Gasteiger partial charge in [-0.3, -0.25) is 4.98 Å². The summed E-state index contributed by atoms with van der Waals surface area (Å²) < 4.78 is 0. The molecule has 0 aliphatic rings. The van der Waals surface area contributed by atoms with Gasteiger partial charge < -0.3 is 5.32 Å². The average molecular weight is 337 g/mol. The number of benzene rings is 1. The maximum Gasteiger partial charge on any atom is 0.0925 e. The molecular formula is C20H23N3S. The van der Waals surface area contributed by atoms with Crippen molar-refractivity contribution in [3.63, 3.8) is 0 Å². The molecule has 4 heteroatoms. The Bertz CT molecular complexity index is 750. The molecule has 0 bridgehead atoms. The van der Waals surface area contributed by atoms with Crippen LogP contribution in [0.25, 0.3) is 0 Å². The fourth-order valence-corrected chi connectivity index (χ4v) is 3.48. The number of aromatic nitrogens is 2. The Hall–Kier alpha value is -2.04. The molecule has 3 rings (SSSR count). The highest BCUT2D eigenvalue weighted by Gasteiger charge is 2.13. The van der Waals surface area contributed by atoms with E-state index in [0.717, 1.165) is 19.4 Å². The highest BCUT2D eigenvalue weighted by Crippen LogP contribution is 2.20. The quantitative estimate of drug-likeness (QED) is 0.690. The predicted molar refractivity (Wildman–Crippen MR) is 100 cm³/mol. The van der Waals surface area contributed by atoms with Gasteiger partial charge in [0.25, 0.3) is 0 Å². The van der Waals surface area contributed by atoms with Crippen molar-refractivity contribution in [2.24, 2.45) is 0 Å². The normalized spacial score (nSPS) is 12.2. The van der Waals surface area contributed by atoms with Gasteiger partial charge in [0.1, 0.15) is 0 Å². The van der Waals surface area contributed by atoms with Crippen molar-refractivity contribution >= 4 is 11.3 Å². The first-order valence-electron chi connectivity index (χ1n) is 8.37. The Morgan fingerprint density at radius 3 is 2.62 bits per heavy atom. The first kappa shape index (κ1) is 16.8. The van der Waals surface area contributed by atoms with Gasteiger partial charge in [0, 0.05) is 36.1 Å². The topological polar surface area (TPSA) is 37.8 Å². The van der Waals surface area contributed by atoms with Gasteiger partial charge in [0.2, 0.25) is 0 Å². The van der Waals surface area contributed by atoms with Crippen LogP contribution >= 0.6 is 11.3 Å². The van der Waals surface area contributed by atoms with Crippen molar-refractivity contribution in [3.05, 3.63) is 81.6 Å². The minimum absolute atomic E-state index is 0.244. The van der Waals surface area contributed by atoms with Gasteiger partial charge in [0.05, 0.1) is 5.01 Å². The molecule has 1 unspecified atom stereocenters. The summed E-state index contributed by atoms with van der Waals surface area (Å²) >= 11 is 1.79. The molecule has 1 aromatic carbocycles. The third-order valence-electron chi connectivity index (χ3n) is 4.07. The lowest BCUT2D eigenvalue weighted by Gasteiger charge is -2.19. The van der Waals surface area contributed by atoms with Gasteiger partial charge in [-0.2, -0.15) is 0 Å². The minimum Gasteiger partial charge on any atom is -0.305 e. The van der Waals surface area contributed by atoms with Crippen LogP contribution < -0.4 is 5.32 Å². The highest BCUT2D eigenvalue weighted by molar-refractivity contribution is 7.11. The van der Waals surface area contributed by atoms with Gasteiger partial charge in [-0.25, -0.2) is 4.98 Å². The lowest BCUT2D eigenvalue weighted by molar-refractivity contribution is 0.532. The Labute approximate surface area is 147 Å². The Morgan fingerprint density at radius 1 is 1.12 bits per heavy atom. The number of thiazole rings is 1. The molecule has 0 spiro atoms. The summed E-state index contributed by atoms with van der Waals surface area (Å²) in [6.07, 6.45) is 7.72. The van der Waals surface area contributed by atoms with E-state index < -0.39 is 0 Å². The number of hydrogen-bond acceptors (Lipinski definition) is 4. The second kappa shape index (κ2) is 8.18. The molecule has 0 saturated carbocycles. The molecule has 3 aromatic rings. The molecule has 0 fully saturated rings. The predicted octanol–water partition coefficient (Wildman–Crippen LogP) is 4.48. The van der Waals surface area contributed by atoms with Crippen LogP contribution in [-0.4, -0.2) is 9.97 Å². The van der Waals surface area contributed by atoms with E-state index in [9.17, 15) is 0 Å². The molecule has 0 aliphatic heterocycles. The SMILES string of the molecule is CCc1ncc(CNC(Cc2ccc(C)cc2)c2cccnc2)s1. The van der Waals surface area contributed by atoms with Crippen LogP contribution in [0.3, 0.4) is 0 Å². The number of nitrogens with one attached hydrogen (secondary N) is 1. The molecule has 1 atom stereocenters. The molecule has 0 radical (unpaired) electrons. The van der Waals surface area contributed by atoms with Crippen LogP contribution in [0, 0.1) is 6.92 Å². The summed E-state index contributed by atoms with van der Waals surface area (Å²) in [7, 11) is 0. The highest BCUT2D eigenvalue weighted by atomic mass is 32.1. The Balaban J connectivity index is 1.73. The lowest BCUT2D eigenvalue weighted by atomic mass is 9.99. The second-order valence-corrected chi connectivity index (χ2v) is 7.18. The minimum atomic E-state index is 0.244. The number of nitrogens with zero attached hydrogens (tertiary/aromatic N) is 2. The van der Waals surface area contributed by atoms with E-state index in [4.69, 9.17) is 0 Å². The zero-order valence-corrected chi connectivity index (χ0v) is 15.0. The van der Waals surface area contributed by atoms with Crippen LogP contribution in [0.1, 0.15) is 39.5 Å². The van der Waals surface area contributed by atoms with Gasteiger partial charge in [-0.1, -0.05) is 42.8 Å². The third-order valence-corrected chi connectivity index (χ3v) is 5.22. The molecule has 2 aromatic heterocycles. The smallest absolute Gasteiger partial charge is 0.0925 e. The van der Waals surface area contributed by atoms with Crippen LogP contribution in [0.5, 0.6) is 0 Å². The second-order valence-electron chi connectivity index (χ2n) is 5.98. The molecule has 0 aliphatic carbocycles. The average Bonchev–Trinajstić information content (AvgIpc) is 3.09. The van der Waals surface area contributed by atoms with Crippen molar-refractivity contribution < 1.29 is 0 Å². The number of hydrogen-bond donors (Lipinski definition) is 1.